The first-order chi connectivity index (χ1) is 21.7. The van der Waals surface area contributed by atoms with Gasteiger partial charge in [0.2, 0.25) is 6.71 Å². The fraction of sp³-hybridized carbons (Fsp3) is 0.0244. The molecule has 208 valence electrons. The van der Waals surface area contributed by atoms with Crippen LogP contribution >= 0.6 is 11.6 Å². The second kappa shape index (κ2) is 10.9. The quantitative estimate of drug-likeness (QED) is 0.145. The van der Waals surface area contributed by atoms with Crippen LogP contribution in [0.25, 0.3) is 54.2 Å². The highest BCUT2D eigenvalue weighted by Crippen LogP contribution is 2.41. The van der Waals surface area contributed by atoms with E-state index in [0.717, 1.165) is 16.9 Å². The SMILES string of the molecule is COc1cc(Cl)ccc1-c1cc2c3ccccc3c(B(c3ccccc3)c3ccc4ccccc4c3)cc2c2ccccc12. The predicted octanol–water partition coefficient (Wildman–Crippen LogP) is 9.14. The van der Waals surface area contributed by atoms with E-state index in [1.165, 1.54) is 59.5 Å². The lowest BCUT2D eigenvalue weighted by atomic mass is 9.36. The smallest absolute Gasteiger partial charge is 0.242 e. The van der Waals surface area contributed by atoms with Gasteiger partial charge in [0.15, 0.2) is 0 Å². The molecule has 0 unspecified atom stereocenters. The van der Waals surface area contributed by atoms with Crippen LogP contribution in [0.4, 0.5) is 0 Å². The van der Waals surface area contributed by atoms with Gasteiger partial charge in [-0.3, -0.25) is 0 Å². The van der Waals surface area contributed by atoms with Gasteiger partial charge in [-0.05, 0) is 72.9 Å². The third kappa shape index (κ3) is 4.42. The van der Waals surface area contributed by atoms with E-state index in [-0.39, 0.29) is 6.71 Å². The molecule has 0 aliphatic heterocycles. The van der Waals surface area contributed by atoms with Crippen molar-refractivity contribution in [3.8, 4) is 16.9 Å². The number of methoxy groups -OCH3 is 1. The lowest BCUT2D eigenvalue weighted by Gasteiger charge is -2.21. The lowest BCUT2D eigenvalue weighted by molar-refractivity contribution is 0.416. The van der Waals surface area contributed by atoms with E-state index in [4.69, 9.17) is 16.3 Å². The molecule has 0 atom stereocenters. The van der Waals surface area contributed by atoms with E-state index >= 15 is 0 Å². The van der Waals surface area contributed by atoms with Gasteiger partial charge in [-0.25, -0.2) is 0 Å². The third-order valence-electron chi connectivity index (χ3n) is 8.92. The fourth-order valence-corrected chi connectivity index (χ4v) is 7.07. The van der Waals surface area contributed by atoms with Crippen LogP contribution in [0.3, 0.4) is 0 Å². The number of benzene rings is 8. The summed E-state index contributed by atoms with van der Waals surface area (Å²) in [4.78, 5) is 0. The van der Waals surface area contributed by atoms with Crippen LogP contribution in [-0.2, 0) is 0 Å². The Morgan fingerprint density at radius 3 is 1.86 bits per heavy atom. The van der Waals surface area contributed by atoms with Crippen molar-refractivity contribution in [2.45, 2.75) is 0 Å². The summed E-state index contributed by atoms with van der Waals surface area (Å²) in [6.07, 6.45) is 0. The second-order valence-corrected chi connectivity index (χ2v) is 11.8. The van der Waals surface area contributed by atoms with Crippen LogP contribution in [0, 0.1) is 0 Å². The van der Waals surface area contributed by atoms with E-state index < -0.39 is 0 Å². The number of rotatable bonds is 5. The first kappa shape index (κ1) is 26.6. The molecule has 8 aromatic carbocycles. The van der Waals surface area contributed by atoms with Crippen molar-refractivity contribution in [2.75, 3.05) is 7.11 Å². The fourth-order valence-electron chi connectivity index (χ4n) is 6.91. The minimum Gasteiger partial charge on any atom is -0.496 e. The summed E-state index contributed by atoms with van der Waals surface area (Å²) in [5.41, 5.74) is 6.03. The van der Waals surface area contributed by atoms with Gasteiger partial charge >= 0.3 is 0 Å². The molecule has 0 heterocycles. The van der Waals surface area contributed by atoms with Crippen LogP contribution in [0.1, 0.15) is 0 Å². The van der Waals surface area contributed by atoms with Crippen molar-refractivity contribution in [1.29, 1.82) is 0 Å². The van der Waals surface area contributed by atoms with Gasteiger partial charge < -0.3 is 4.74 Å². The Bertz CT molecular complexity index is 2340. The normalized spacial score (nSPS) is 11.4. The van der Waals surface area contributed by atoms with Crippen molar-refractivity contribution in [3.05, 3.63) is 157 Å². The van der Waals surface area contributed by atoms with Gasteiger partial charge in [0, 0.05) is 10.6 Å². The summed E-state index contributed by atoms with van der Waals surface area (Å²) >= 11 is 6.37. The number of fused-ring (bicyclic) bond motifs is 6. The Morgan fingerprint density at radius 2 is 1.09 bits per heavy atom. The first-order valence-corrected chi connectivity index (χ1v) is 15.3. The Morgan fingerprint density at radius 1 is 0.455 bits per heavy atom. The number of hydrogen-bond acceptors (Lipinski definition) is 1. The molecule has 0 fully saturated rings. The van der Waals surface area contributed by atoms with Crippen LogP contribution in [0.2, 0.25) is 5.02 Å². The molecule has 0 aromatic heterocycles. The minimum atomic E-state index is 0.0601. The molecule has 8 aromatic rings. The standard InChI is InChI=1S/C41H28BClO/c1-44-41-24-31(43)21-22-36(41)37-25-38-34-17-9-10-18-35(34)40(26-39(38)33-16-8-7-15-32(33)37)42(29-13-3-2-4-14-29)30-20-19-27-11-5-6-12-28(27)23-30/h2-26H,1H3. The second-order valence-electron chi connectivity index (χ2n) is 11.4. The summed E-state index contributed by atoms with van der Waals surface area (Å²) in [5, 5.41) is 10.5. The highest BCUT2D eigenvalue weighted by Gasteiger charge is 2.26. The maximum atomic E-state index is 6.37. The first-order valence-electron chi connectivity index (χ1n) is 14.9. The molecule has 3 heteroatoms. The Labute approximate surface area is 262 Å². The van der Waals surface area contributed by atoms with Crippen molar-refractivity contribution in [1.82, 2.24) is 0 Å². The molecule has 0 saturated heterocycles. The van der Waals surface area contributed by atoms with Crippen LogP contribution in [0.15, 0.2) is 152 Å². The molecule has 0 bridgehead atoms. The molecule has 8 rings (SSSR count). The van der Waals surface area contributed by atoms with Crippen molar-refractivity contribution in [2.24, 2.45) is 0 Å². The molecule has 0 saturated carbocycles. The van der Waals surface area contributed by atoms with Gasteiger partial charge in [-0.1, -0.05) is 155 Å². The molecule has 44 heavy (non-hydrogen) atoms. The zero-order chi connectivity index (χ0) is 29.6. The average Bonchev–Trinajstić information content (AvgIpc) is 3.08. The Hall–Kier alpha value is -5.05. The molecule has 0 radical (unpaired) electrons. The van der Waals surface area contributed by atoms with E-state index in [2.05, 4.69) is 140 Å². The van der Waals surface area contributed by atoms with Gasteiger partial charge in [-0.15, -0.1) is 0 Å². The molecule has 1 nitrogen and oxygen atoms in total. The lowest BCUT2D eigenvalue weighted by Crippen LogP contribution is -2.52. The van der Waals surface area contributed by atoms with E-state index in [1.54, 1.807) is 7.11 Å². The molecule has 0 N–H and O–H groups in total. The van der Waals surface area contributed by atoms with Crippen molar-refractivity contribution < 1.29 is 4.74 Å². The molecule has 0 aliphatic carbocycles. The van der Waals surface area contributed by atoms with E-state index in [1.807, 2.05) is 12.1 Å². The average molecular weight is 583 g/mol. The molecule has 0 aliphatic rings. The summed E-state index contributed by atoms with van der Waals surface area (Å²) in [6, 6.07) is 54.7. The molecule has 0 amide bonds. The monoisotopic (exact) mass is 582 g/mol. The zero-order valence-electron chi connectivity index (χ0n) is 24.3. The number of ether oxygens (including phenoxy) is 1. The Balaban J connectivity index is 1.48. The molecular formula is C41H28BClO. The van der Waals surface area contributed by atoms with Crippen molar-refractivity contribution >= 4 is 77.8 Å². The number of halogens is 1. The summed E-state index contributed by atoms with van der Waals surface area (Å²) < 4.78 is 5.82. The maximum Gasteiger partial charge on any atom is 0.242 e. The highest BCUT2D eigenvalue weighted by atomic mass is 35.5. The minimum absolute atomic E-state index is 0.0601. The molecular weight excluding hydrogens is 555 g/mol. The summed E-state index contributed by atoms with van der Waals surface area (Å²) in [5.74, 6) is 0.767. The Kier molecular flexibility index (Phi) is 6.58. The van der Waals surface area contributed by atoms with Crippen LogP contribution in [-0.4, -0.2) is 13.8 Å². The highest BCUT2D eigenvalue weighted by molar-refractivity contribution is 6.97. The maximum absolute atomic E-state index is 6.37. The van der Waals surface area contributed by atoms with Crippen LogP contribution in [0.5, 0.6) is 5.75 Å². The van der Waals surface area contributed by atoms with Crippen LogP contribution < -0.4 is 21.1 Å². The summed E-state index contributed by atoms with van der Waals surface area (Å²) in [6.45, 7) is 0.0601. The molecule has 0 spiro atoms. The van der Waals surface area contributed by atoms with Gasteiger partial charge in [-0.2, -0.15) is 0 Å². The summed E-state index contributed by atoms with van der Waals surface area (Å²) in [7, 11) is 1.70. The predicted molar refractivity (Wildman–Crippen MR) is 191 cm³/mol. The van der Waals surface area contributed by atoms with Gasteiger partial charge in [0.1, 0.15) is 5.75 Å². The van der Waals surface area contributed by atoms with Crippen molar-refractivity contribution in [3.63, 3.8) is 0 Å². The van der Waals surface area contributed by atoms with Gasteiger partial charge in [0.25, 0.3) is 0 Å². The topological polar surface area (TPSA) is 9.23 Å². The number of hydrogen-bond donors (Lipinski definition) is 0. The van der Waals surface area contributed by atoms with Gasteiger partial charge in [0.05, 0.1) is 7.11 Å². The zero-order valence-corrected chi connectivity index (χ0v) is 25.1. The van der Waals surface area contributed by atoms with E-state index in [0.29, 0.717) is 5.02 Å². The third-order valence-corrected chi connectivity index (χ3v) is 9.15. The van der Waals surface area contributed by atoms with E-state index in [9.17, 15) is 0 Å². The largest absolute Gasteiger partial charge is 0.496 e.